The summed E-state index contributed by atoms with van der Waals surface area (Å²) in [6.07, 6.45) is 3.31. The average molecular weight is 534 g/mol. The second-order valence-electron chi connectivity index (χ2n) is 8.68. The molecule has 0 unspecified atom stereocenters. The van der Waals surface area contributed by atoms with Gasteiger partial charge in [0, 0.05) is 48.9 Å². The van der Waals surface area contributed by atoms with Crippen molar-refractivity contribution >= 4 is 50.8 Å². The van der Waals surface area contributed by atoms with Crippen molar-refractivity contribution in [1.29, 1.82) is 0 Å². The summed E-state index contributed by atoms with van der Waals surface area (Å²) in [7, 11) is -3.58. The predicted molar refractivity (Wildman–Crippen MR) is 145 cm³/mol. The van der Waals surface area contributed by atoms with Gasteiger partial charge in [0.15, 0.2) is 0 Å². The van der Waals surface area contributed by atoms with Gasteiger partial charge in [-0.25, -0.2) is 13.3 Å². The highest BCUT2D eigenvalue weighted by Crippen LogP contribution is 2.35. The molecule has 7 nitrogen and oxygen atoms in total. The number of piperazine rings is 1. The molecule has 0 atom stereocenters. The Labute approximate surface area is 220 Å². The van der Waals surface area contributed by atoms with Crippen molar-refractivity contribution in [1.82, 2.24) is 9.21 Å². The summed E-state index contributed by atoms with van der Waals surface area (Å²) in [5.41, 5.74) is 2.43. The molecule has 9 heteroatoms. The number of benzene rings is 3. The summed E-state index contributed by atoms with van der Waals surface area (Å²) in [4.78, 5) is 29.9. The van der Waals surface area contributed by atoms with E-state index in [9.17, 15) is 18.0 Å². The molecule has 2 heterocycles. The van der Waals surface area contributed by atoms with Gasteiger partial charge in [0.05, 0.1) is 16.3 Å². The molecule has 0 bridgehead atoms. The van der Waals surface area contributed by atoms with Crippen LogP contribution in [0, 0.1) is 0 Å². The van der Waals surface area contributed by atoms with Crippen molar-refractivity contribution in [2.45, 2.75) is 0 Å². The van der Waals surface area contributed by atoms with Crippen LogP contribution >= 0.6 is 11.6 Å². The van der Waals surface area contributed by atoms with E-state index in [0.717, 1.165) is 10.5 Å². The average Bonchev–Trinajstić information content (AvgIpc) is 2.92. The van der Waals surface area contributed by atoms with Gasteiger partial charge in [-0.15, -0.1) is 0 Å². The fourth-order valence-electron chi connectivity index (χ4n) is 4.41. The van der Waals surface area contributed by atoms with Crippen LogP contribution in [0.3, 0.4) is 0 Å². The maximum Gasteiger partial charge on any atom is 0.267 e. The molecule has 37 heavy (non-hydrogen) atoms. The fraction of sp³-hybridized carbons (Fsp3) is 0.143. The first-order valence-electron chi connectivity index (χ1n) is 11.8. The minimum Gasteiger partial charge on any atom is -0.374 e. The van der Waals surface area contributed by atoms with Crippen LogP contribution in [0.15, 0.2) is 90.5 Å². The fourth-order valence-corrected chi connectivity index (χ4v) is 5.81. The molecule has 0 radical (unpaired) electrons. The molecule has 1 fully saturated rings. The molecule has 0 N–H and O–H groups in total. The highest BCUT2D eigenvalue weighted by Gasteiger charge is 2.37. The van der Waals surface area contributed by atoms with E-state index in [1.54, 1.807) is 60.8 Å². The number of carbonyl (C=O) groups excluding carboxylic acids is 2. The van der Waals surface area contributed by atoms with Gasteiger partial charge in [-0.2, -0.15) is 4.31 Å². The lowest BCUT2D eigenvalue weighted by Crippen LogP contribution is -2.47. The third-order valence-corrected chi connectivity index (χ3v) is 8.24. The first kappa shape index (κ1) is 25.0. The summed E-state index contributed by atoms with van der Waals surface area (Å²) in [6, 6.07) is 22.9. The topological polar surface area (TPSA) is 78.0 Å². The molecule has 0 saturated carbocycles. The van der Waals surface area contributed by atoms with E-state index in [0.29, 0.717) is 40.5 Å². The van der Waals surface area contributed by atoms with Gasteiger partial charge in [-0.05, 0) is 29.8 Å². The second kappa shape index (κ2) is 10.3. The molecule has 2 amide bonds. The summed E-state index contributed by atoms with van der Waals surface area (Å²) in [5, 5.41) is 1.52. The van der Waals surface area contributed by atoms with Crippen LogP contribution in [0.2, 0.25) is 5.02 Å². The number of amides is 2. The smallest absolute Gasteiger partial charge is 0.267 e. The van der Waals surface area contributed by atoms with Gasteiger partial charge in [0.2, 0.25) is 10.0 Å². The molecular weight excluding hydrogens is 510 g/mol. The minimum atomic E-state index is -3.58. The van der Waals surface area contributed by atoms with E-state index in [-0.39, 0.29) is 13.1 Å². The lowest BCUT2D eigenvalue weighted by Gasteiger charge is -2.34. The number of anilines is 1. The molecule has 188 valence electrons. The van der Waals surface area contributed by atoms with Crippen LogP contribution in [0.1, 0.15) is 21.5 Å². The molecule has 1 saturated heterocycles. The van der Waals surface area contributed by atoms with Crippen LogP contribution in [0.4, 0.5) is 5.69 Å². The van der Waals surface area contributed by atoms with Crippen molar-refractivity contribution in [3.63, 3.8) is 0 Å². The number of sulfonamides is 1. The molecule has 2 aliphatic rings. The minimum absolute atomic E-state index is 0.272. The largest absolute Gasteiger partial charge is 0.374 e. The Balaban J connectivity index is 1.38. The molecule has 3 aromatic rings. The zero-order chi connectivity index (χ0) is 26.0. The summed E-state index contributed by atoms with van der Waals surface area (Å²) in [6.45, 7) is 1.34. The molecule has 0 aromatic heterocycles. The number of imide groups is 1. The van der Waals surface area contributed by atoms with Crippen molar-refractivity contribution < 1.29 is 18.0 Å². The highest BCUT2D eigenvalue weighted by molar-refractivity contribution is 7.92. The number of carbonyl (C=O) groups is 2. The molecule has 3 aromatic carbocycles. The Morgan fingerprint density at radius 1 is 0.730 bits per heavy atom. The number of nitrogens with zero attached hydrogens (tertiary/aromatic N) is 3. The Hall–Kier alpha value is -3.72. The van der Waals surface area contributed by atoms with E-state index in [1.807, 2.05) is 35.2 Å². The van der Waals surface area contributed by atoms with E-state index in [4.69, 9.17) is 11.6 Å². The van der Waals surface area contributed by atoms with Gasteiger partial charge >= 0.3 is 0 Å². The maximum absolute atomic E-state index is 13.6. The maximum atomic E-state index is 13.6. The van der Waals surface area contributed by atoms with Crippen LogP contribution in [0.5, 0.6) is 0 Å². The lowest BCUT2D eigenvalue weighted by atomic mass is 9.93. The van der Waals surface area contributed by atoms with Gasteiger partial charge in [0.1, 0.15) is 0 Å². The first-order valence-corrected chi connectivity index (χ1v) is 13.7. The van der Waals surface area contributed by atoms with Gasteiger partial charge < -0.3 is 4.90 Å². The predicted octanol–water partition coefficient (Wildman–Crippen LogP) is 4.49. The number of rotatable bonds is 5. The van der Waals surface area contributed by atoms with E-state index < -0.39 is 21.8 Å². The summed E-state index contributed by atoms with van der Waals surface area (Å²) in [5.74, 6) is -0.912. The Bertz CT molecular complexity index is 1510. The Kier molecular flexibility index (Phi) is 6.97. The number of fused-ring (bicyclic) bond motifs is 1. The van der Waals surface area contributed by atoms with Crippen molar-refractivity contribution in [2.75, 3.05) is 31.1 Å². The van der Waals surface area contributed by atoms with Gasteiger partial charge in [0.25, 0.3) is 11.8 Å². The lowest BCUT2D eigenvalue weighted by molar-refractivity contribution is -0.112. The SMILES string of the molecule is O=C1/C(=C\N2CCN(S(=O)(=O)/C=C/c3ccccc3)CC2)c2ccccc2C(=O)N1c1ccccc1Cl. The van der Waals surface area contributed by atoms with Crippen LogP contribution in [-0.2, 0) is 14.8 Å². The van der Waals surface area contributed by atoms with Gasteiger partial charge in [-0.3, -0.25) is 9.59 Å². The highest BCUT2D eigenvalue weighted by atomic mass is 35.5. The Morgan fingerprint density at radius 3 is 2.05 bits per heavy atom. The number of hydrogen-bond acceptors (Lipinski definition) is 5. The third-order valence-electron chi connectivity index (χ3n) is 6.35. The molecular formula is C28H24ClN3O4S. The molecule has 0 spiro atoms. The van der Waals surface area contributed by atoms with Crippen LogP contribution < -0.4 is 4.90 Å². The van der Waals surface area contributed by atoms with Crippen molar-refractivity contribution in [2.24, 2.45) is 0 Å². The zero-order valence-electron chi connectivity index (χ0n) is 19.8. The quantitative estimate of drug-likeness (QED) is 0.357. The monoisotopic (exact) mass is 533 g/mol. The van der Waals surface area contributed by atoms with Crippen molar-refractivity contribution in [3.05, 3.63) is 112 Å². The summed E-state index contributed by atoms with van der Waals surface area (Å²) >= 11 is 6.33. The van der Waals surface area contributed by atoms with E-state index in [1.165, 1.54) is 9.71 Å². The van der Waals surface area contributed by atoms with E-state index >= 15 is 0 Å². The third kappa shape index (κ3) is 5.09. The normalized spacial score (nSPS) is 18.0. The van der Waals surface area contributed by atoms with E-state index in [2.05, 4.69) is 0 Å². The second-order valence-corrected chi connectivity index (χ2v) is 10.9. The van der Waals surface area contributed by atoms with Crippen LogP contribution in [0.25, 0.3) is 11.6 Å². The zero-order valence-corrected chi connectivity index (χ0v) is 21.4. The number of halogens is 1. The van der Waals surface area contributed by atoms with Crippen molar-refractivity contribution in [3.8, 4) is 0 Å². The van der Waals surface area contributed by atoms with Crippen LogP contribution in [-0.4, -0.2) is 55.6 Å². The number of hydrogen-bond donors (Lipinski definition) is 0. The van der Waals surface area contributed by atoms with Gasteiger partial charge in [-0.1, -0.05) is 72.3 Å². The molecule has 5 rings (SSSR count). The first-order chi connectivity index (χ1) is 17.8. The Morgan fingerprint density at radius 2 is 1.35 bits per heavy atom. The standard InChI is InChI=1S/C28H24ClN3O4S/c29-25-12-6-7-13-26(25)32-27(33)23-11-5-4-10-22(23)24(28(32)34)20-30-15-17-31(18-16-30)37(35,36)19-14-21-8-2-1-3-9-21/h1-14,19-20H,15-18H2/b19-14+,24-20-. The number of para-hydroxylation sites is 1. The molecule has 2 aliphatic heterocycles. The summed E-state index contributed by atoms with van der Waals surface area (Å²) < 4.78 is 27.1. The molecule has 0 aliphatic carbocycles.